The molecule has 0 saturated carbocycles. The van der Waals surface area contributed by atoms with Gasteiger partial charge in [0.25, 0.3) is 0 Å². The van der Waals surface area contributed by atoms with Crippen LogP contribution in [0.2, 0.25) is 0 Å². The van der Waals surface area contributed by atoms with Crippen LogP contribution >= 0.6 is 0 Å². The van der Waals surface area contributed by atoms with Gasteiger partial charge in [-0.15, -0.1) is 0 Å². The van der Waals surface area contributed by atoms with E-state index in [4.69, 9.17) is 5.73 Å². The van der Waals surface area contributed by atoms with Crippen LogP contribution in [0.1, 0.15) is 26.2 Å². The molecule has 0 aromatic heterocycles. The van der Waals surface area contributed by atoms with Crippen molar-refractivity contribution in [2.75, 3.05) is 33.7 Å². The normalized spacial score (nSPS) is 20.8. The molecule has 1 amide bonds. The molecule has 0 bridgehead atoms. The van der Waals surface area contributed by atoms with Gasteiger partial charge in [0.1, 0.15) is 0 Å². The molecule has 4 heteroatoms. The number of piperidine rings is 1. The molecule has 0 radical (unpaired) electrons. The standard InChI is InChI=1S/C12H25N3O/c1-10-4-6-15(7-5-10)11(9-13)8-12(16)14(2)3/h10-11H,4-9,13H2,1-3H3. The molecule has 1 unspecified atom stereocenters. The highest BCUT2D eigenvalue weighted by molar-refractivity contribution is 5.76. The van der Waals surface area contributed by atoms with E-state index in [0.717, 1.165) is 19.0 Å². The first-order valence-electron chi connectivity index (χ1n) is 6.18. The average Bonchev–Trinajstić information content (AvgIpc) is 2.26. The van der Waals surface area contributed by atoms with E-state index >= 15 is 0 Å². The van der Waals surface area contributed by atoms with Crippen molar-refractivity contribution in [2.45, 2.75) is 32.2 Å². The zero-order valence-electron chi connectivity index (χ0n) is 10.8. The molecular formula is C12H25N3O. The molecule has 0 aromatic carbocycles. The lowest BCUT2D eigenvalue weighted by Gasteiger charge is -2.36. The summed E-state index contributed by atoms with van der Waals surface area (Å²) in [4.78, 5) is 15.7. The highest BCUT2D eigenvalue weighted by atomic mass is 16.2. The van der Waals surface area contributed by atoms with E-state index in [1.165, 1.54) is 12.8 Å². The first kappa shape index (κ1) is 13.5. The number of likely N-dealkylation sites (tertiary alicyclic amines) is 1. The fourth-order valence-electron chi connectivity index (χ4n) is 2.14. The summed E-state index contributed by atoms with van der Waals surface area (Å²) >= 11 is 0. The van der Waals surface area contributed by atoms with Crippen LogP contribution in [0.25, 0.3) is 0 Å². The van der Waals surface area contributed by atoms with Crippen molar-refractivity contribution in [1.29, 1.82) is 0 Å². The van der Waals surface area contributed by atoms with E-state index in [0.29, 0.717) is 13.0 Å². The Labute approximate surface area is 98.8 Å². The Kier molecular flexibility index (Phi) is 5.22. The Bertz CT molecular complexity index is 222. The van der Waals surface area contributed by atoms with Crippen LogP contribution in [0.4, 0.5) is 0 Å². The predicted molar refractivity (Wildman–Crippen MR) is 66.1 cm³/mol. The van der Waals surface area contributed by atoms with Gasteiger partial charge in [-0.25, -0.2) is 0 Å². The summed E-state index contributed by atoms with van der Waals surface area (Å²) in [6.45, 7) is 5.04. The summed E-state index contributed by atoms with van der Waals surface area (Å²) in [6, 6.07) is 0.224. The Morgan fingerprint density at radius 1 is 1.44 bits per heavy atom. The van der Waals surface area contributed by atoms with Crippen molar-refractivity contribution in [2.24, 2.45) is 11.7 Å². The smallest absolute Gasteiger partial charge is 0.223 e. The van der Waals surface area contributed by atoms with Crippen molar-refractivity contribution >= 4 is 5.91 Å². The third-order valence-electron chi connectivity index (χ3n) is 3.52. The zero-order valence-corrected chi connectivity index (χ0v) is 10.8. The minimum atomic E-state index is 0.175. The maximum absolute atomic E-state index is 11.7. The summed E-state index contributed by atoms with van der Waals surface area (Å²) in [5.41, 5.74) is 5.77. The molecule has 1 aliphatic heterocycles. The SMILES string of the molecule is CC1CCN(C(CN)CC(=O)N(C)C)CC1. The summed E-state index contributed by atoms with van der Waals surface area (Å²) in [7, 11) is 3.60. The lowest BCUT2D eigenvalue weighted by atomic mass is 9.97. The van der Waals surface area contributed by atoms with Gasteiger partial charge in [-0.05, 0) is 31.8 Å². The third kappa shape index (κ3) is 3.76. The lowest BCUT2D eigenvalue weighted by Crippen LogP contribution is -2.47. The number of hydrogen-bond donors (Lipinski definition) is 1. The molecule has 2 N–H and O–H groups in total. The van der Waals surface area contributed by atoms with Crippen LogP contribution in [0, 0.1) is 5.92 Å². The van der Waals surface area contributed by atoms with Crippen LogP contribution in [-0.2, 0) is 4.79 Å². The molecule has 0 aliphatic carbocycles. The topological polar surface area (TPSA) is 49.6 Å². The second-order valence-electron chi connectivity index (χ2n) is 5.10. The molecule has 1 heterocycles. The lowest BCUT2D eigenvalue weighted by molar-refractivity contribution is -0.130. The van der Waals surface area contributed by atoms with Gasteiger partial charge in [0, 0.05) is 33.1 Å². The molecule has 1 aliphatic rings. The van der Waals surface area contributed by atoms with Gasteiger partial charge < -0.3 is 10.6 Å². The fourth-order valence-corrected chi connectivity index (χ4v) is 2.14. The minimum Gasteiger partial charge on any atom is -0.349 e. The molecule has 16 heavy (non-hydrogen) atoms. The van der Waals surface area contributed by atoms with Gasteiger partial charge in [-0.1, -0.05) is 6.92 Å². The number of amides is 1. The van der Waals surface area contributed by atoms with E-state index in [2.05, 4.69) is 11.8 Å². The average molecular weight is 227 g/mol. The molecule has 1 saturated heterocycles. The monoisotopic (exact) mass is 227 g/mol. The highest BCUT2D eigenvalue weighted by Crippen LogP contribution is 2.19. The number of nitrogens with two attached hydrogens (primary N) is 1. The first-order valence-corrected chi connectivity index (χ1v) is 6.18. The number of hydrogen-bond acceptors (Lipinski definition) is 3. The minimum absolute atomic E-state index is 0.175. The van der Waals surface area contributed by atoms with Crippen LogP contribution in [0.15, 0.2) is 0 Å². The van der Waals surface area contributed by atoms with Crippen molar-refractivity contribution < 1.29 is 4.79 Å². The molecular weight excluding hydrogens is 202 g/mol. The Morgan fingerprint density at radius 2 is 2.00 bits per heavy atom. The van der Waals surface area contributed by atoms with Crippen LogP contribution < -0.4 is 5.73 Å². The summed E-state index contributed by atoms with van der Waals surface area (Å²) < 4.78 is 0. The van der Waals surface area contributed by atoms with E-state index in [1.54, 1.807) is 19.0 Å². The summed E-state index contributed by atoms with van der Waals surface area (Å²) in [5, 5.41) is 0. The maximum Gasteiger partial charge on any atom is 0.223 e. The third-order valence-corrected chi connectivity index (χ3v) is 3.52. The highest BCUT2D eigenvalue weighted by Gasteiger charge is 2.24. The second-order valence-corrected chi connectivity index (χ2v) is 5.10. The molecule has 1 atom stereocenters. The van der Waals surface area contributed by atoms with Gasteiger partial charge in [-0.2, -0.15) is 0 Å². The van der Waals surface area contributed by atoms with Gasteiger partial charge in [0.05, 0.1) is 0 Å². The van der Waals surface area contributed by atoms with E-state index in [1.807, 2.05) is 0 Å². The number of rotatable bonds is 4. The van der Waals surface area contributed by atoms with E-state index in [-0.39, 0.29) is 11.9 Å². The van der Waals surface area contributed by atoms with Crippen molar-refractivity contribution in [3.05, 3.63) is 0 Å². The predicted octanol–water partition coefficient (Wildman–Crippen LogP) is 0.524. The van der Waals surface area contributed by atoms with Crippen LogP contribution in [-0.4, -0.2) is 55.5 Å². The van der Waals surface area contributed by atoms with Gasteiger partial charge in [-0.3, -0.25) is 9.69 Å². The Morgan fingerprint density at radius 3 is 2.44 bits per heavy atom. The molecule has 0 aromatic rings. The summed E-state index contributed by atoms with van der Waals surface area (Å²) in [6.07, 6.45) is 3.01. The van der Waals surface area contributed by atoms with Crippen molar-refractivity contribution in [3.63, 3.8) is 0 Å². The largest absolute Gasteiger partial charge is 0.349 e. The van der Waals surface area contributed by atoms with Crippen molar-refractivity contribution in [1.82, 2.24) is 9.80 Å². The van der Waals surface area contributed by atoms with Gasteiger partial charge in [0.15, 0.2) is 0 Å². The Balaban J connectivity index is 2.44. The molecule has 1 fully saturated rings. The van der Waals surface area contributed by atoms with Crippen molar-refractivity contribution in [3.8, 4) is 0 Å². The number of carbonyl (C=O) groups is 1. The maximum atomic E-state index is 11.7. The zero-order chi connectivity index (χ0) is 12.1. The Hall–Kier alpha value is -0.610. The van der Waals surface area contributed by atoms with Gasteiger partial charge in [0.2, 0.25) is 5.91 Å². The molecule has 94 valence electrons. The number of nitrogens with zero attached hydrogens (tertiary/aromatic N) is 2. The quantitative estimate of drug-likeness (QED) is 0.762. The van der Waals surface area contributed by atoms with E-state index in [9.17, 15) is 4.79 Å². The second kappa shape index (κ2) is 6.21. The first-order chi connectivity index (χ1) is 7.54. The van der Waals surface area contributed by atoms with Crippen LogP contribution in [0.5, 0.6) is 0 Å². The van der Waals surface area contributed by atoms with Gasteiger partial charge >= 0.3 is 0 Å². The number of carbonyl (C=O) groups excluding carboxylic acids is 1. The molecule has 0 spiro atoms. The molecule has 4 nitrogen and oxygen atoms in total. The summed E-state index contributed by atoms with van der Waals surface area (Å²) in [5.74, 6) is 0.994. The van der Waals surface area contributed by atoms with E-state index < -0.39 is 0 Å². The van der Waals surface area contributed by atoms with Crippen LogP contribution in [0.3, 0.4) is 0 Å². The molecule has 1 rings (SSSR count). The fraction of sp³-hybridized carbons (Fsp3) is 0.917.